The van der Waals surface area contributed by atoms with Crippen LogP contribution < -0.4 is 5.32 Å². The number of nitrogens with one attached hydrogen (secondary N) is 1. The summed E-state index contributed by atoms with van der Waals surface area (Å²) in [5, 5.41) is 3.37. The molecule has 1 N–H and O–H groups in total. The highest BCUT2D eigenvalue weighted by Crippen LogP contribution is 2.20. The van der Waals surface area contributed by atoms with Crippen molar-refractivity contribution in [3.63, 3.8) is 0 Å². The molecule has 0 aromatic carbocycles. The second kappa shape index (κ2) is 4.94. The Balaban J connectivity index is 1.78. The number of hydrogen-bond acceptors (Lipinski definition) is 2. The van der Waals surface area contributed by atoms with Gasteiger partial charge in [-0.2, -0.15) is 0 Å². The van der Waals surface area contributed by atoms with Crippen LogP contribution in [0.5, 0.6) is 0 Å². The zero-order valence-corrected chi connectivity index (χ0v) is 9.26. The quantitative estimate of drug-likeness (QED) is 0.689. The van der Waals surface area contributed by atoms with Gasteiger partial charge in [-0.1, -0.05) is 11.6 Å². The van der Waals surface area contributed by atoms with Crippen LogP contribution in [0.15, 0.2) is 11.6 Å². The predicted octanol–water partition coefficient (Wildman–Crippen LogP) is 1.78. The molecule has 2 aliphatic rings. The zero-order chi connectivity index (χ0) is 9.80. The minimum Gasteiger partial charge on any atom is -0.316 e. The van der Waals surface area contributed by atoms with Gasteiger partial charge < -0.3 is 5.32 Å². The average Bonchev–Trinajstić information content (AvgIpc) is 2.67. The van der Waals surface area contributed by atoms with E-state index in [1.165, 1.54) is 51.7 Å². The van der Waals surface area contributed by atoms with Crippen LogP contribution in [0.2, 0.25) is 0 Å². The number of nitrogens with zero attached hydrogens (tertiary/aromatic N) is 1. The minimum absolute atomic E-state index is 0.735. The molecule has 1 aliphatic heterocycles. The van der Waals surface area contributed by atoms with Crippen LogP contribution in [0.3, 0.4) is 0 Å². The molecule has 2 rings (SSSR count). The Morgan fingerprint density at radius 1 is 1.50 bits per heavy atom. The Bertz CT molecular complexity index is 210. The van der Waals surface area contributed by atoms with Crippen LogP contribution in [-0.4, -0.2) is 37.6 Å². The fraction of sp³-hybridized carbons (Fsp3) is 0.833. The topological polar surface area (TPSA) is 15.3 Å². The lowest BCUT2D eigenvalue weighted by Crippen LogP contribution is -2.30. The summed E-state index contributed by atoms with van der Waals surface area (Å²) >= 11 is 0. The molecule has 14 heavy (non-hydrogen) atoms. The summed E-state index contributed by atoms with van der Waals surface area (Å²) in [6.07, 6.45) is 9.27. The van der Waals surface area contributed by atoms with Crippen molar-refractivity contribution in [2.24, 2.45) is 0 Å². The standard InChI is InChI=1S/C12H22N2/c1-13-12-7-8-14(10-12)9-11-5-3-2-4-6-11/h5,12-13H,2-4,6-10H2,1H3. The zero-order valence-electron chi connectivity index (χ0n) is 9.26. The van der Waals surface area contributed by atoms with E-state index in [1.54, 1.807) is 5.57 Å². The first-order valence-electron chi connectivity index (χ1n) is 5.96. The van der Waals surface area contributed by atoms with E-state index in [-0.39, 0.29) is 0 Å². The molecule has 1 unspecified atom stereocenters. The molecule has 0 radical (unpaired) electrons. The van der Waals surface area contributed by atoms with Crippen LogP contribution in [0.1, 0.15) is 32.1 Å². The molecule has 2 nitrogen and oxygen atoms in total. The van der Waals surface area contributed by atoms with Crippen molar-refractivity contribution >= 4 is 0 Å². The number of likely N-dealkylation sites (N-methyl/N-ethyl adjacent to an activating group) is 1. The van der Waals surface area contributed by atoms with E-state index in [4.69, 9.17) is 0 Å². The molecule has 0 aromatic rings. The average molecular weight is 194 g/mol. The van der Waals surface area contributed by atoms with E-state index in [0.717, 1.165) is 6.04 Å². The normalized spacial score (nSPS) is 29.2. The van der Waals surface area contributed by atoms with Crippen molar-refractivity contribution in [3.05, 3.63) is 11.6 Å². The lowest BCUT2D eigenvalue weighted by molar-refractivity contribution is 0.351. The fourth-order valence-electron chi connectivity index (χ4n) is 2.55. The summed E-state index contributed by atoms with van der Waals surface area (Å²) in [5.41, 5.74) is 1.69. The lowest BCUT2D eigenvalue weighted by atomic mass is 9.99. The molecule has 0 bridgehead atoms. The maximum atomic E-state index is 3.37. The third kappa shape index (κ3) is 2.58. The van der Waals surface area contributed by atoms with E-state index < -0.39 is 0 Å². The largest absolute Gasteiger partial charge is 0.316 e. The van der Waals surface area contributed by atoms with Crippen LogP contribution >= 0.6 is 0 Å². The van der Waals surface area contributed by atoms with Crippen molar-refractivity contribution in [1.29, 1.82) is 0 Å². The third-order valence-corrected chi connectivity index (χ3v) is 3.49. The lowest BCUT2D eigenvalue weighted by Gasteiger charge is -2.20. The maximum Gasteiger partial charge on any atom is 0.0204 e. The van der Waals surface area contributed by atoms with E-state index in [1.807, 2.05) is 0 Å². The molecule has 0 saturated carbocycles. The van der Waals surface area contributed by atoms with E-state index in [2.05, 4.69) is 23.3 Å². The molecule has 1 fully saturated rings. The van der Waals surface area contributed by atoms with Crippen molar-refractivity contribution in [2.75, 3.05) is 26.7 Å². The first kappa shape index (κ1) is 10.2. The number of hydrogen-bond donors (Lipinski definition) is 1. The van der Waals surface area contributed by atoms with Crippen LogP contribution in [0.25, 0.3) is 0 Å². The molecule has 0 amide bonds. The Morgan fingerprint density at radius 2 is 2.43 bits per heavy atom. The highest BCUT2D eigenvalue weighted by atomic mass is 15.2. The van der Waals surface area contributed by atoms with Gasteiger partial charge in [0, 0.05) is 25.7 Å². The number of allylic oxidation sites excluding steroid dienone is 1. The monoisotopic (exact) mass is 194 g/mol. The van der Waals surface area contributed by atoms with Gasteiger partial charge in [0.15, 0.2) is 0 Å². The molecule has 1 atom stereocenters. The van der Waals surface area contributed by atoms with Gasteiger partial charge in [-0.3, -0.25) is 4.90 Å². The van der Waals surface area contributed by atoms with Gasteiger partial charge in [-0.25, -0.2) is 0 Å². The first-order valence-corrected chi connectivity index (χ1v) is 5.96. The molecule has 1 heterocycles. The molecule has 1 saturated heterocycles. The summed E-state index contributed by atoms with van der Waals surface area (Å²) < 4.78 is 0. The second-order valence-electron chi connectivity index (χ2n) is 4.62. The fourth-order valence-corrected chi connectivity index (χ4v) is 2.55. The van der Waals surface area contributed by atoms with Gasteiger partial charge in [0.1, 0.15) is 0 Å². The van der Waals surface area contributed by atoms with E-state index >= 15 is 0 Å². The maximum absolute atomic E-state index is 3.37. The highest BCUT2D eigenvalue weighted by molar-refractivity contribution is 5.08. The second-order valence-corrected chi connectivity index (χ2v) is 4.62. The summed E-state index contributed by atoms with van der Waals surface area (Å²) in [5.74, 6) is 0. The van der Waals surface area contributed by atoms with Gasteiger partial charge >= 0.3 is 0 Å². The van der Waals surface area contributed by atoms with Gasteiger partial charge in [0.05, 0.1) is 0 Å². The molecule has 2 heteroatoms. The van der Waals surface area contributed by atoms with Gasteiger partial charge in [0.25, 0.3) is 0 Å². The van der Waals surface area contributed by atoms with Crippen molar-refractivity contribution in [3.8, 4) is 0 Å². The first-order chi connectivity index (χ1) is 6.88. The SMILES string of the molecule is CNC1CCN(CC2=CCCCC2)C1. The Labute approximate surface area is 87.4 Å². The highest BCUT2D eigenvalue weighted by Gasteiger charge is 2.21. The Morgan fingerprint density at radius 3 is 3.07 bits per heavy atom. The Hall–Kier alpha value is -0.340. The van der Waals surface area contributed by atoms with Crippen molar-refractivity contribution in [1.82, 2.24) is 10.2 Å². The number of rotatable bonds is 3. The van der Waals surface area contributed by atoms with Gasteiger partial charge in [-0.15, -0.1) is 0 Å². The third-order valence-electron chi connectivity index (χ3n) is 3.49. The van der Waals surface area contributed by atoms with Gasteiger partial charge in [-0.05, 0) is 39.2 Å². The minimum atomic E-state index is 0.735. The van der Waals surface area contributed by atoms with Crippen LogP contribution in [0.4, 0.5) is 0 Å². The van der Waals surface area contributed by atoms with E-state index in [0.29, 0.717) is 0 Å². The van der Waals surface area contributed by atoms with Crippen LogP contribution in [0, 0.1) is 0 Å². The molecule has 1 aliphatic carbocycles. The van der Waals surface area contributed by atoms with Crippen molar-refractivity contribution < 1.29 is 0 Å². The molecular weight excluding hydrogens is 172 g/mol. The molecular formula is C12H22N2. The van der Waals surface area contributed by atoms with Crippen molar-refractivity contribution in [2.45, 2.75) is 38.1 Å². The van der Waals surface area contributed by atoms with Gasteiger partial charge in [0.2, 0.25) is 0 Å². The summed E-state index contributed by atoms with van der Waals surface area (Å²) in [7, 11) is 2.08. The molecule has 0 spiro atoms. The summed E-state index contributed by atoms with van der Waals surface area (Å²) in [4.78, 5) is 2.60. The summed E-state index contributed by atoms with van der Waals surface area (Å²) in [6, 6.07) is 0.735. The molecule has 80 valence electrons. The molecule has 0 aromatic heterocycles. The smallest absolute Gasteiger partial charge is 0.0204 e. The van der Waals surface area contributed by atoms with Crippen LogP contribution in [-0.2, 0) is 0 Å². The Kier molecular flexibility index (Phi) is 3.60. The summed E-state index contributed by atoms with van der Waals surface area (Å²) in [6.45, 7) is 3.76. The predicted molar refractivity (Wildman–Crippen MR) is 60.5 cm³/mol. The van der Waals surface area contributed by atoms with E-state index in [9.17, 15) is 0 Å². The number of likely N-dealkylation sites (tertiary alicyclic amines) is 1.